The number of anilines is 1. The van der Waals surface area contributed by atoms with E-state index in [1.807, 2.05) is 4.90 Å². The van der Waals surface area contributed by atoms with E-state index < -0.39 is 0 Å². The van der Waals surface area contributed by atoms with Crippen LogP contribution in [0.5, 0.6) is 0 Å². The molecule has 1 aliphatic rings. The highest BCUT2D eigenvalue weighted by Gasteiger charge is 2.28. The number of rotatable bonds is 4. The van der Waals surface area contributed by atoms with Crippen LogP contribution in [0, 0.1) is 11.7 Å². The predicted molar refractivity (Wildman–Crippen MR) is 75.9 cm³/mol. The van der Waals surface area contributed by atoms with Crippen molar-refractivity contribution in [3.05, 3.63) is 30.1 Å². The van der Waals surface area contributed by atoms with Gasteiger partial charge in [-0.3, -0.25) is 4.79 Å². The van der Waals surface area contributed by atoms with E-state index in [-0.39, 0.29) is 23.7 Å². The average molecular weight is 280 g/mol. The number of nitrogens with two attached hydrogens (primary N) is 1. The van der Waals surface area contributed by atoms with Gasteiger partial charge in [0.05, 0.1) is 18.7 Å². The van der Waals surface area contributed by atoms with Crippen molar-refractivity contribution >= 4 is 11.7 Å². The minimum absolute atomic E-state index is 0.0530. The van der Waals surface area contributed by atoms with Gasteiger partial charge >= 0.3 is 5.97 Å². The van der Waals surface area contributed by atoms with Gasteiger partial charge in [-0.1, -0.05) is 12.1 Å². The quantitative estimate of drug-likeness (QED) is 0.856. The Morgan fingerprint density at radius 3 is 2.90 bits per heavy atom. The fourth-order valence-corrected chi connectivity index (χ4v) is 2.75. The summed E-state index contributed by atoms with van der Waals surface area (Å²) in [6, 6.07) is 6.60. The van der Waals surface area contributed by atoms with Crippen molar-refractivity contribution in [2.45, 2.75) is 25.8 Å². The van der Waals surface area contributed by atoms with Crippen LogP contribution in [0.1, 0.15) is 19.8 Å². The van der Waals surface area contributed by atoms with Gasteiger partial charge in [0.1, 0.15) is 5.82 Å². The zero-order valence-corrected chi connectivity index (χ0v) is 11.7. The van der Waals surface area contributed by atoms with Crippen molar-refractivity contribution in [2.24, 2.45) is 11.7 Å². The number of nitrogens with zero attached hydrogens (tertiary/aromatic N) is 1. The van der Waals surface area contributed by atoms with Gasteiger partial charge in [0.2, 0.25) is 0 Å². The van der Waals surface area contributed by atoms with Crippen LogP contribution in [-0.4, -0.2) is 31.7 Å². The molecule has 2 atom stereocenters. The average Bonchev–Trinajstić information content (AvgIpc) is 2.38. The van der Waals surface area contributed by atoms with Gasteiger partial charge < -0.3 is 15.4 Å². The zero-order chi connectivity index (χ0) is 14.5. The van der Waals surface area contributed by atoms with Crippen molar-refractivity contribution in [3.8, 4) is 0 Å². The minimum Gasteiger partial charge on any atom is -0.466 e. The zero-order valence-electron chi connectivity index (χ0n) is 11.7. The molecule has 1 heterocycles. The van der Waals surface area contributed by atoms with Gasteiger partial charge in [-0.05, 0) is 31.4 Å². The number of hydrogen-bond acceptors (Lipinski definition) is 4. The van der Waals surface area contributed by atoms with E-state index in [1.165, 1.54) is 6.07 Å². The van der Waals surface area contributed by atoms with Crippen LogP contribution < -0.4 is 10.6 Å². The molecule has 0 aromatic heterocycles. The second kappa shape index (κ2) is 6.70. The molecule has 1 aromatic carbocycles. The number of para-hydroxylation sites is 1. The molecule has 0 radical (unpaired) electrons. The number of benzene rings is 1. The lowest BCUT2D eigenvalue weighted by Gasteiger charge is -2.37. The standard InChI is InChI=1S/C15H21FN2O2/c1-2-20-15(19)8-11-7-12(17)10-18(9-11)14-6-4-3-5-13(14)16/h3-6,11-12H,2,7-10,17H2,1H3. The van der Waals surface area contributed by atoms with Gasteiger partial charge in [-0.25, -0.2) is 4.39 Å². The first-order valence-electron chi connectivity index (χ1n) is 7.00. The molecule has 2 unspecified atom stereocenters. The first-order valence-corrected chi connectivity index (χ1v) is 7.00. The summed E-state index contributed by atoms with van der Waals surface area (Å²) in [6.07, 6.45) is 1.11. The molecule has 1 fully saturated rings. The topological polar surface area (TPSA) is 55.6 Å². The highest BCUT2D eigenvalue weighted by molar-refractivity contribution is 5.69. The summed E-state index contributed by atoms with van der Waals surface area (Å²) < 4.78 is 18.8. The van der Waals surface area contributed by atoms with E-state index in [2.05, 4.69) is 0 Å². The third kappa shape index (κ3) is 3.70. The SMILES string of the molecule is CCOC(=O)CC1CC(N)CN(c2ccccc2F)C1. The fraction of sp³-hybridized carbons (Fsp3) is 0.533. The Kier molecular flexibility index (Phi) is 4.95. The van der Waals surface area contributed by atoms with Gasteiger partial charge in [0.25, 0.3) is 0 Å². The molecule has 1 aliphatic heterocycles. The number of halogens is 1. The van der Waals surface area contributed by atoms with Crippen LogP contribution in [-0.2, 0) is 9.53 Å². The molecular formula is C15H21FN2O2. The summed E-state index contributed by atoms with van der Waals surface area (Å²) in [7, 11) is 0. The van der Waals surface area contributed by atoms with Crippen LogP contribution >= 0.6 is 0 Å². The molecule has 0 bridgehead atoms. The fourth-order valence-electron chi connectivity index (χ4n) is 2.75. The lowest BCUT2D eigenvalue weighted by molar-refractivity contribution is -0.144. The van der Waals surface area contributed by atoms with Crippen LogP contribution in [0.15, 0.2) is 24.3 Å². The maximum absolute atomic E-state index is 13.8. The molecule has 20 heavy (non-hydrogen) atoms. The summed E-state index contributed by atoms with van der Waals surface area (Å²) in [6.45, 7) is 3.42. The highest BCUT2D eigenvalue weighted by Crippen LogP contribution is 2.26. The number of esters is 1. The number of carbonyl (C=O) groups is 1. The van der Waals surface area contributed by atoms with E-state index in [1.54, 1.807) is 25.1 Å². The van der Waals surface area contributed by atoms with Crippen LogP contribution in [0.3, 0.4) is 0 Å². The van der Waals surface area contributed by atoms with E-state index in [4.69, 9.17) is 10.5 Å². The van der Waals surface area contributed by atoms with E-state index in [9.17, 15) is 9.18 Å². The van der Waals surface area contributed by atoms with Crippen LogP contribution in [0.2, 0.25) is 0 Å². The van der Waals surface area contributed by atoms with Crippen molar-refractivity contribution in [2.75, 3.05) is 24.6 Å². The molecule has 2 N–H and O–H groups in total. The lowest BCUT2D eigenvalue weighted by Crippen LogP contribution is -2.48. The Hall–Kier alpha value is -1.62. The molecule has 0 saturated carbocycles. The Bertz CT molecular complexity index is 467. The molecular weight excluding hydrogens is 259 g/mol. The van der Waals surface area contributed by atoms with Crippen molar-refractivity contribution in [1.29, 1.82) is 0 Å². The maximum Gasteiger partial charge on any atom is 0.306 e. The summed E-state index contributed by atoms with van der Waals surface area (Å²) in [5.74, 6) is -0.353. The first kappa shape index (κ1) is 14.8. The Morgan fingerprint density at radius 1 is 1.45 bits per heavy atom. The Morgan fingerprint density at radius 2 is 2.20 bits per heavy atom. The van der Waals surface area contributed by atoms with Gasteiger partial charge in [0.15, 0.2) is 0 Å². The molecule has 4 nitrogen and oxygen atoms in total. The Balaban J connectivity index is 2.05. The summed E-state index contributed by atoms with van der Waals surface area (Å²) >= 11 is 0. The number of hydrogen-bond donors (Lipinski definition) is 1. The monoisotopic (exact) mass is 280 g/mol. The molecule has 1 saturated heterocycles. The number of piperidine rings is 1. The summed E-state index contributed by atoms with van der Waals surface area (Å²) in [4.78, 5) is 13.5. The van der Waals surface area contributed by atoms with Crippen LogP contribution in [0.4, 0.5) is 10.1 Å². The second-order valence-electron chi connectivity index (χ2n) is 5.23. The molecule has 1 aromatic rings. The van der Waals surface area contributed by atoms with Crippen LogP contribution in [0.25, 0.3) is 0 Å². The normalized spacial score (nSPS) is 22.6. The van der Waals surface area contributed by atoms with Crippen molar-refractivity contribution < 1.29 is 13.9 Å². The van der Waals surface area contributed by atoms with Crippen molar-refractivity contribution in [1.82, 2.24) is 0 Å². The number of carbonyl (C=O) groups excluding carboxylic acids is 1. The third-order valence-corrected chi connectivity index (χ3v) is 3.52. The van der Waals surface area contributed by atoms with E-state index >= 15 is 0 Å². The predicted octanol–water partition coefficient (Wildman–Crippen LogP) is 1.93. The summed E-state index contributed by atoms with van der Waals surface area (Å²) in [5, 5.41) is 0. The third-order valence-electron chi connectivity index (χ3n) is 3.52. The molecule has 0 aliphatic carbocycles. The first-order chi connectivity index (χ1) is 9.60. The summed E-state index contributed by atoms with van der Waals surface area (Å²) in [5.41, 5.74) is 6.59. The van der Waals surface area contributed by atoms with Crippen molar-refractivity contribution in [3.63, 3.8) is 0 Å². The maximum atomic E-state index is 13.8. The van der Waals surface area contributed by atoms with Gasteiger partial charge in [-0.2, -0.15) is 0 Å². The Labute approximate surface area is 118 Å². The minimum atomic E-state index is -0.253. The van der Waals surface area contributed by atoms with E-state index in [0.29, 0.717) is 31.8 Å². The van der Waals surface area contributed by atoms with Gasteiger partial charge in [-0.15, -0.1) is 0 Å². The number of ether oxygens (including phenoxy) is 1. The molecule has 0 amide bonds. The van der Waals surface area contributed by atoms with E-state index in [0.717, 1.165) is 6.42 Å². The molecule has 5 heteroatoms. The largest absolute Gasteiger partial charge is 0.466 e. The lowest BCUT2D eigenvalue weighted by atomic mass is 9.91. The molecule has 110 valence electrons. The van der Waals surface area contributed by atoms with Gasteiger partial charge in [0, 0.05) is 19.1 Å². The molecule has 2 rings (SSSR count). The highest BCUT2D eigenvalue weighted by atomic mass is 19.1. The smallest absolute Gasteiger partial charge is 0.306 e. The second-order valence-corrected chi connectivity index (χ2v) is 5.23. The molecule has 0 spiro atoms.